The second-order valence-corrected chi connectivity index (χ2v) is 6.90. The Labute approximate surface area is 143 Å². The fourth-order valence-electron chi connectivity index (χ4n) is 1.71. The van der Waals surface area contributed by atoms with Crippen molar-refractivity contribution in [1.29, 1.82) is 0 Å². The van der Waals surface area contributed by atoms with E-state index in [4.69, 9.17) is 4.74 Å². The summed E-state index contributed by atoms with van der Waals surface area (Å²) in [6.45, 7) is 3.43. The van der Waals surface area contributed by atoms with Crippen LogP contribution in [0.5, 0.6) is 0 Å². The van der Waals surface area contributed by atoms with Crippen LogP contribution in [0.15, 0.2) is 45.5 Å². The van der Waals surface area contributed by atoms with Crippen LogP contribution < -0.4 is 5.32 Å². The molecule has 23 heavy (non-hydrogen) atoms. The summed E-state index contributed by atoms with van der Waals surface area (Å²) < 4.78 is 4.79. The molecule has 0 saturated heterocycles. The van der Waals surface area contributed by atoms with E-state index in [1.54, 1.807) is 13.8 Å². The Kier molecular flexibility index (Phi) is 5.84. The van der Waals surface area contributed by atoms with Gasteiger partial charge in [-0.15, -0.1) is 0 Å². The van der Waals surface area contributed by atoms with Crippen LogP contribution in [0, 0.1) is 0 Å². The predicted molar refractivity (Wildman–Crippen MR) is 91.9 cm³/mol. The van der Waals surface area contributed by atoms with Crippen molar-refractivity contribution in [2.75, 3.05) is 18.7 Å². The maximum absolute atomic E-state index is 11.8. The monoisotopic (exact) mass is 350 g/mol. The number of hydrogen-bond donors (Lipinski definition) is 1. The first-order chi connectivity index (χ1) is 10.9. The fraction of sp³-hybridized carbons (Fsp3) is 0.333. The molecule has 8 heteroatoms. The SMILES string of the molecule is COC(=O)C(C)(C)Nc1nc(SC)nc(Sc2ccccc2)n1. The third kappa shape index (κ3) is 4.84. The molecule has 0 saturated carbocycles. The lowest BCUT2D eigenvalue weighted by Crippen LogP contribution is -2.41. The van der Waals surface area contributed by atoms with E-state index in [1.807, 2.05) is 36.6 Å². The van der Waals surface area contributed by atoms with Crippen molar-refractivity contribution < 1.29 is 9.53 Å². The molecule has 1 aromatic heterocycles. The first kappa shape index (κ1) is 17.6. The molecule has 122 valence electrons. The van der Waals surface area contributed by atoms with E-state index in [0.29, 0.717) is 16.3 Å². The van der Waals surface area contributed by atoms with Gasteiger partial charge in [-0.3, -0.25) is 0 Å². The number of thioether (sulfide) groups is 1. The largest absolute Gasteiger partial charge is 0.467 e. The Morgan fingerprint density at radius 2 is 1.78 bits per heavy atom. The molecule has 1 N–H and O–H groups in total. The van der Waals surface area contributed by atoms with Crippen molar-refractivity contribution in [2.45, 2.75) is 34.6 Å². The average Bonchev–Trinajstić information content (AvgIpc) is 2.54. The highest BCUT2D eigenvalue weighted by Gasteiger charge is 2.29. The van der Waals surface area contributed by atoms with Gasteiger partial charge in [0.05, 0.1) is 7.11 Å². The van der Waals surface area contributed by atoms with Crippen LogP contribution in [0.25, 0.3) is 0 Å². The van der Waals surface area contributed by atoms with Crippen LogP contribution in [-0.4, -0.2) is 39.8 Å². The second kappa shape index (κ2) is 7.65. The minimum absolute atomic E-state index is 0.346. The highest BCUT2D eigenvalue weighted by molar-refractivity contribution is 7.99. The molecule has 0 bridgehead atoms. The number of nitrogens with zero attached hydrogens (tertiary/aromatic N) is 3. The summed E-state index contributed by atoms with van der Waals surface area (Å²) in [6, 6.07) is 9.84. The van der Waals surface area contributed by atoms with Gasteiger partial charge in [0.15, 0.2) is 10.3 Å². The Bertz CT molecular complexity index is 680. The Morgan fingerprint density at radius 3 is 2.39 bits per heavy atom. The van der Waals surface area contributed by atoms with Gasteiger partial charge in [-0.05, 0) is 44.0 Å². The van der Waals surface area contributed by atoms with Gasteiger partial charge in [-0.2, -0.15) is 15.0 Å². The van der Waals surface area contributed by atoms with Crippen molar-refractivity contribution >= 4 is 35.4 Å². The van der Waals surface area contributed by atoms with Gasteiger partial charge in [0.25, 0.3) is 0 Å². The Balaban J connectivity index is 2.27. The molecular formula is C15H18N4O2S2. The van der Waals surface area contributed by atoms with E-state index in [2.05, 4.69) is 20.3 Å². The normalized spacial score (nSPS) is 11.1. The van der Waals surface area contributed by atoms with E-state index >= 15 is 0 Å². The van der Waals surface area contributed by atoms with Crippen LogP contribution in [0.3, 0.4) is 0 Å². The zero-order chi connectivity index (χ0) is 16.9. The Hall–Kier alpha value is -1.80. The van der Waals surface area contributed by atoms with Crippen LogP contribution in [0.4, 0.5) is 5.95 Å². The van der Waals surface area contributed by atoms with E-state index in [1.165, 1.54) is 30.6 Å². The lowest BCUT2D eigenvalue weighted by molar-refractivity contribution is -0.144. The molecule has 0 unspecified atom stereocenters. The molecule has 0 fully saturated rings. The number of benzene rings is 1. The smallest absolute Gasteiger partial charge is 0.330 e. The predicted octanol–water partition coefficient (Wildman–Crippen LogP) is 3.11. The van der Waals surface area contributed by atoms with Gasteiger partial charge in [0.2, 0.25) is 5.95 Å². The lowest BCUT2D eigenvalue weighted by atomic mass is 10.1. The molecule has 0 aliphatic carbocycles. The number of carbonyl (C=O) groups excluding carboxylic acids is 1. The van der Waals surface area contributed by atoms with Crippen molar-refractivity contribution in [1.82, 2.24) is 15.0 Å². The molecule has 0 aliphatic rings. The summed E-state index contributed by atoms with van der Waals surface area (Å²) in [5, 5.41) is 4.16. The van der Waals surface area contributed by atoms with Crippen molar-refractivity contribution in [3.05, 3.63) is 30.3 Å². The number of anilines is 1. The molecule has 0 radical (unpaired) electrons. The number of esters is 1. The van der Waals surface area contributed by atoms with Crippen LogP contribution >= 0.6 is 23.5 Å². The number of aromatic nitrogens is 3. The highest BCUT2D eigenvalue weighted by Crippen LogP contribution is 2.26. The molecule has 0 aliphatic heterocycles. The molecule has 2 aromatic rings. The second-order valence-electron chi connectivity index (χ2n) is 5.08. The Morgan fingerprint density at radius 1 is 1.13 bits per heavy atom. The van der Waals surface area contributed by atoms with Crippen LogP contribution in [-0.2, 0) is 9.53 Å². The first-order valence-corrected chi connectivity index (χ1v) is 8.88. The minimum atomic E-state index is -0.930. The van der Waals surface area contributed by atoms with E-state index in [-0.39, 0.29) is 5.97 Å². The van der Waals surface area contributed by atoms with Gasteiger partial charge in [-0.1, -0.05) is 30.0 Å². The van der Waals surface area contributed by atoms with Crippen molar-refractivity contribution in [3.8, 4) is 0 Å². The highest BCUT2D eigenvalue weighted by atomic mass is 32.2. The summed E-state index contributed by atoms with van der Waals surface area (Å²) in [5.41, 5.74) is -0.930. The number of ether oxygens (including phenoxy) is 1. The first-order valence-electron chi connectivity index (χ1n) is 6.84. The average molecular weight is 350 g/mol. The van der Waals surface area contributed by atoms with Gasteiger partial charge in [0.1, 0.15) is 5.54 Å². The van der Waals surface area contributed by atoms with Gasteiger partial charge in [0, 0.05) is 4.90 Å². The third-order valence-corrected chi connectivity index (χ3v) is 4.27. The van der Waals surface area contributed by atoms with E-state index in [0.717, 1.165) is 4.90 Å². The number of nitrogens with one attached hydrogen (secondary N) is 1. The summed E-state index contributed by atoms with van der Waals surface area (Å²) >= 11 is 2.86. The molecule has 0 amide bonds. The third-order valence-electron chi connectivity index (χ3n) is 2.85. The number of methoxy groups -OCH3 is 1. The van der Waals surface area contributed by atoms with Crippen LogP contribution in [0.2, 0.25) is 0 Å². The number of carbonyl (C=O) groups is 1. The van der Waals surface area contributed by atoms with Gasteiger partial charge in [-0.25, -0.2) is 4.79 Å². The molecular weight excluding hydrogens is 332 g/mol. The zero-order valence-electron chi connectivity index (χ0n) is 13.4. The standard InChI is InChI=1S/C15H18N4O2S2/c1-15(2,11(20)21-3)19-12-16-13(22-4)18-14(17-12)23-10-8-6-5-7-9-10/h5-9H,1-4H3,(H,16,17,18,19). The van der Waals surface area contributed by atoms with E-state index in [9.17, 15) is 4.79 Å². The molecule has 0 spiro atoms. The number of hydrogen-bond acceptors (Lipinski definition) is 8. The fourth-order valence-corrected chi connectivity index (χ4v) is 2.89. The number of rotatable bonds is 6. The minimum Gasteiger partial charge on any atom is -0.467 e. The maximum Gasteiger partial charge on any atom is 0.330 e. The topological polar surface area (TPSA) is 77.0 Å². The molecule has 2 rings (SSSR count). The summed E-state index contributed by atoms with van der Waals surface area (Å²) in [6.07, 6.45) is 1.89. The zero-order valence-corrected chi connectivity index (χ0v) is 15.0. The maximum atomic E-state index is 11.8. The summed E-state index contributed by atoms with van der Waals surface area (Å²) in [7, 11) is 1.35. The van der Waals surface area contributed by atoms with Crippen molar-refractivity contribution in [3.63, 3.8) is 0 Å². The molecule has 0 atom stereocenters. The van der Waals surface area contributed by atoms with Gasteiger partial charge < -0.3 is 10.1 Å². The molecule has 6 nitrogen and oxygen atoms in total. The van der Waals surface area contributed by atoms with Crippen molar-refractivity contribution in [2.24, 2.45) is 0 Å². The van der Waals surface area contributed by atoms with Gasteiger partial charge >= 0.3 is 5.97 Å². The van der Waals surface area contributed by atoms with E-state index < -0.39 is 5.54 Å². The molecule has 1 aromatic carbocycles. The summed E-state index contributed by atoms with van der Waals surface area (Å²) in [5.74, 6) is -0.0425. The molecule has 1 heterocycles. The summed E-state index contributed by atoms with van der Waals surface area (Å²) in [4.78, 5) is 25.9. The lowest BCUT2D eigenvalue weighted by Gasteiger charge is -2.23. The van der Waals surface area contributed by atoms with Crippen LogP contribution in [0.1, 0.15) is 13.8 Å². The quantitative estimate of drug-likeness (QED) is 0.629.